The lowest BCUT2D eigenvalue weighted by molar-refractivity contribution is -0.256. The third-order valence-electron chi connectivity index (χ3n) is 15.7. The van der Waals surface area contributed by atoms with E-state index in [1.54, 1.807) is 32.9 Å². The van der Waals surface area contributed by atoms with E-state index in [4.69, 9.17) is 28.4 Å². The van der Waals surface area contributed by atoms with Crippen molar-refractivity contribution in [1.82, 2.24) is 20.4 Å². The molecule has 82 heavy (non-hydrogen) atoms. The molecule has 10 atom stereocenters. The highest BCUT2D eigenvalue weighted by atomic mass is 16.7. The number of benzene rings is 3. The number of hydrogen-bond donors (Lipinski definition) is 8. The third-order valence-corrected chi connectivity index (χ3v) is 15.7. The number of morpholine rings is 1. The molecule has 0 saturated carbocycles. The summed E-state index contributed by atoms with van der Waals surface area (Å²) in [6, 6.07) is 7.97. The second kappa shape index (κ2) is 24.5. The first kappa shape index (κ1) is 59.1. The molecule has 0 radical (unpaired) electrons. The number of aliphatic hydroxyl groups excluding tert-OH is 1. The number of unbranched alkanes of at least 4 members (excludes halogenated alkanes) is 2. The minimum atomic E-state index is -2.35. The molecule has 25 nitrogen and oxygen atoms in total. The number of rotatable bonds is 20. The normalized spacial score (nSPS) is 25.3. The van der Waals surface area contributed by atoms with Crippen LogP contribution in [-0.2, 0) is 70.2 Å². The molecule has 4 heterocycles. The molecule has 8 N–H and O–H groups in total. The Hall–Kier alpha value is -7.49. The molecule has 4 aliphatic heterocycles. The van der Waals surface area contributed by atoms with Gasteiger partial charge in [-0.2, -0.15) is 0 Å². The molecule has 9 rings (SSSR count). The van der Waals surface area contributed by atoms with Crippen LogP contribution in [0.4, 0.5) is 16.2 Å². The van der Waals surface area contributed by atoms with Gasteiger partial charge in [0.15, 0.2) is 36.2 Å². The van der Waals surface area contributed by atoms with E-state index in [2.05, 4.69) is 26.2 Å². The van der Waals surface area contributed by atoms with Crippen molar-refractivity contribution < 1.29 is 92.0 Å². The van der Waals surface area contributed by atoms with Gasteiger partial charge in [-0.05, 0) is 56.4 Å². The van der Waals surface area contributed by atoms with E-state index in [0.717, 1.165) is 4.90 Å². The van der Waals surface area contributed by atoms with Crippen molar-refractivity contribution >= 4 is 64.4 Å². The fraction of sp³-hybridized carbons (Fsp3) is 0.491. The van der Waals surface area contributed by atoms with E-state index in [-0.39, 0.29) is 83.6 Å². The van der Waals surface area contributed by atoms with E-state index in [1.807, 2.05) is 0 Å². The third kappa shape index (κ3) is 11.9. The van der Waals surface area contributed by atoms with Crippen LogP contribution in [0.2, 0.25) is 0 Å². The van der Waals surface area contributed by atoms with Crippen LogP contribution < -0.4 is 21.3 Å². The number of nitrogens with one attached hydrogen (secondary N) is 4. The topological polar surface area (TPSA) is 345 Å². The summed E-state index contributed by atoms with van der Waals surface area (Å²) in [5.41, 5.74) is -3.98. The van der Waals surface area contributed by atoms with Gasteiger partial charge >= 0.3 is 6.09 Å². The fourth-order valence-corrected chi connectivity index (χ4v) is 11.4. The first-order valence-corrected chi connectivity index (χ1v) is 27.2. The maximum absolute atomic E-state index is 14.7. The number of aliphatic hydroxyl groups is 2. The summed E-state index contributed by atoms with van der Waals surface area (Å²) in [5, 5.41) is 56.4. The average Bonchev–Trinajstić information content (AvgIpc) is 2.19. The van der Waals surface area contributed by atoms with Gasteiger partial charge in [-0.3, -0.25) is 53.5 Å². The number of carbonyl (C=O) groups is 9. The predicted molar refractivity (Wildman–Crippen MR) is 285 cm³/mol. The van der Waals surface area contributed by atoms with Gasteiger partial charge in [-0.15, -0.1) is 0 Å². The summed E-state index contributed by atoms with van der Waals surface area (Å²) in [5.74, 6) is -7.04. The molecule has 0 aromatic heterocycles. The quantitative estimate of drug-likeness (QED) is 0.0358. The summed E-state index contributed by atoms with van der Waals surface area (Å²) < 4.78 is 35.8. The molecular weight excluding hydrogens is 1070 g/mol. The average molecular weight is 1140 g/mol. The molecule has 25 heteroatoms. The number of nitrogens with zero attached hydrogens (tertiary/aromatic N) is 2. The number of ether oxygens (including phenoxy) is 6. The Morgan fingerprint density at radius 3 is 2.27 bits per heavy atom. The van der Waals surface area contributed by atoms with E-state index < -0.39 is 132 Å². The van der Waals surface area contributed by atoms with E-state index in [1.165, 1.54) is 56.5 Å². The second-order valence-corrected chi connectivity index (χ2v) is 21.5. The van der Waals surface area contributed by atoms with E-state index >= 15 is 0 Å². The van der Waals surface area contributed by atoms with Crippen molar-refractivity contribution in [2.75, 3.05) is 44.0 Å². The molecule has 3 saturated heterocycles. The van der Waals surface area contributed by atoms with Gasteiger partial charge in [0.1, 0.15) is 48.5 Å². The lowest BCUT2D eigenvalue weighted by atomic mass is 9.71. The summed E-state index contributed by atoms with van der Waals surface area (Å²) in [6.45, 7) is 6.48. The number of methoxy groups -OCH3 is 1. The van der Waals surface area contributed by atoms with Crippen molar-refractivity contribution in [2.45, 2.75) is 140 Å². The maximum Gasteiger partial charge on any atom is 0.411 e. The first-order chi connectivity index (χ1) is 39.1. The van der Waals surface area contributed by atoms with Gasteiger partial charge < -0.3 is 64.8 Å². The Morgan fingerprint density at radius 2 is 1.57 bits per heavy atom. The second-order valence-electron chi connectivity index (χ2n) is 21.5. The Labute approximate surface area is 470 Å². The van der Waals surface area contributed by atoms with Gasteiger partial charge in [0, 0.05) is 86.5 Å². The number of hydrogen-bond acceptors (Lipinski definition) is 20. The van der Waals surface area contributed by atoms with Crippen LogP contribution in [0.25, 0.3) is 0 Å². The molecule has 6 aliphatic rings. The highest BCUT2D eigenvalue weighted by Gasteiger charge is 2.55. The highest BCUT2D eigenvalue weighted by molar-refractivity contribution is 6.32. The molecule has 3 fully saturated rings. The first-order valence-electron chi connectivity index (χ1n) is 27.2. The fourth-order valence-electron chi connectivity index (χ4n) is 11.4. The SMILES string of the molecule is CO[C@H]1OCCN2[C@@H]1O[C@@H]1[C@H](C)OC(O[C@H]3C[C@](O)(C(=O)CO)Cc4c(O)c5c(c(O)c43)C(=O)c3c(NC(=O)OCc4ccc(NC(=O)[C@H](C)NC(=O)[C@@H](NC(=O)CCCCCN6C(=O)C=CC6=O)C(C)C)cc4)cccc3C5=O)C[C@@H]12. The van der Waals surface area contributed by atoms with Crippen LogP contribution in [0.1, 0.15) is 121 Å². The molecule has 3 aromatic rings. The monoisotopic (exact) mass is 1140 g/mol. The van der Waals surface area contributed by atoms with Crippen molar-refractivity contribution in [2.24, 2.45) is 5.92 Å². The molecule has 0 bridgehead atoms. The zero-order chi connectivity index (χ0) is 58.9. The van der Waals surface area contributed by atoms with Gasteiger partial charge in [0.25, 0.3) is 11.8 Å². The van der Waals surface area contributed by atoms with Crippen LogP contribution in [-0.4, -0.2) is 171 Å². The zero-order valence-corrected chi connectivity index (χ0v) is 45.8. The minimum Gasteiger partial charge on any atom is -0.507 e. The molecule has 438 valence electrons. The number of ketones is 3. The lowest BCUT2D eigenvalue weighted by Crippen LogP contribution is -2.55. The Morgan fingerprint density at radius 1 is 0.854 bits per heavy atom. The van der Waals surface area contributed by atoms with E-state index in [0.29, 0.717) is 43.7 Å². The maximum atomic E-state index is 14.7. The standard InChI is InChI=1S/C57H66N6O19/c1-27(2)46(61-38(66)12-7-6-8-19-63-39(67)17-18-40(63)68)53(74)58-28(3)52(73)59-31-15-13-30(14-16-31)26-79-56(75)60-34-11-9-10-32-42(34)49(71)45-44(47(32)69)48(70)33-23-57(76,37(65)25-64)24-36(43(33)50(45)72)81-41-22-35-51(29(4)80-41)82-54-55(77-5)78-21-20-62(35)54/h9-11,13-18,27-29,35-36,41,46,51,54-55,64,70,72,76H,6-8,12,19-26H2,1-5H3,(H,58,74)(H,59,73)(H,60,75)(H,61,66)/t28-,29-,35-,36-,41?,46-,51+,54+,55-,57-/m0/s1. The van der Waals surface area contributed by atoms with Crippen LogP contribution >= 0.6 is 0 Å². The van der Waals surface area contributed by atoms with Crippen molar-refractivity contribution in [3.63, 3.8) is 0 Å². The molecule has 1 unspecified atom stereocenters. The van der Waals surface area contributed by atoms with E-state index in [9.17, 15) is 63.6 Å². The summed E-state index contributed by atoms with van der Waals surface area (Å²) in [4.78, 5) is 121. The minimum absolute atomic E-state index is 0.114. The van der Waals surface area contributed by atoms with Crippen molar-refractivity contribution in [1.29, 1.82) is 0 Å². The lowest BCUT2D eigenvalue weighted by Gasteiger charge is -2.43. The molecular formula is C57H66N6O19. The molecule has 6 amide bonds. The number of fused-ring (bicyclic) bond motifs is 6. The van der Waals surface area contributed by atoms with Crippen LogP contribution in [0.5, 0.6) is 11.5 Å². The number of phenolic OH excluding ortho intramolecular Hbond substituents is 2. The summed E-state index contributed by atoms with van der Waals surface area (Å²) in [7, 11) is 1.51. The number of phenols is 2. The molecule has 2 aliphatic carbocycles. The van der Waals surface area contributed by atoms with Gasteiger partial charge in [0.2, 0.25) is 17.7 Å². The zero-order valence-electron chi connectivity index (χ0n) is 45.8. The van der Waals surface area contributed by atoms with Gasteiger partial charge in [0.05, 0.1) is 41.2 Å². The Bertz CT molecular complexity index is 3070. The van der Waals surface area contributed by atoms with Crippen LogP contribution in [0.15, 0.2) is 54.6 Å². The number of carbonyl (C=O) groups excluding carboxylic acids is 9. The van der Waals surface area contributed by atoms with Gasteiger partial charge in [-0.25, -0.2) is 4.79 Å². The Balaban J connectivity index is 0.818. The number of aromatic hydroxyl groups is 2. The predicted octanol–water partition coefficient (Wildman–Crippen LogP) is 2.52. The van der Waals surface area contributed by atoms with Crippen molar-refractivity contribution in [3.8, 4) is 11.5 Å². The van der Waals surface area contributed by atoms with Crippen LogP contribution in [0, 0.1) is 5.92 Å². The number of amides is 6. The Kier molecular flexibility index (Phi) is 17.7. The number of imide groups is 1. The number of anilines is 2. The number of Topliss-reactive ketones (excluding diaryl/α,β-unsaturated/α-hetero) is 1. The highest BCUT2D eigenvalue weighted by Crippen LogP contribution is 2.53. The van der Waals surface area contributed by atoms with Crippen molar-refractivity contribution in [3.05, 3.63) is 93.6 Å². The largest absolute Gasteiger partial charge is 0.507 e. The molecule has 0 spiro atoms. The summed E-state index contributed by atoms with van der Waals surface area (Å²) in [6.07, 6.45) is -2.65. The smallest absolute Gasteiger partial charge is 0.411 e. The van der Waals surface area contributed by atoms with Crippen LogP contribution in [0.3, 0.4) is 0 Å². The van der Waals surface area contributed by atoms with Gasteiger partial charge in [-0.1, -0.05) is 44.5 Å². The molecule has 3 aromatic carbocycles. The summed E-state index contributed by atoms with van der Waals surface area (Å²) >= 11 is 0.